The van der Waals surface area contributed by atoms with E-state index >= 15 is 0 Å². The average Bonchev–Trinajstić information content (AvgIpc) is 2.90. The molecule has 2 amide bonds. The fourth-order valence-electron chi connectivity index (χ4n) is 1.67. The zero-order chi connectivity index (χ0) is 16.3. The molecule has 4 nitrogen and oxygen atoms in total. The predicted octanol–water partition coefficient (Wildman–Crippen LogP) is 3.50. The highest BCUT2D eigenvalue weighted by molar-refractivity contribution is 7.16. The first-order chi connectivity index (χ1) is 10.4. The average molecular weight is 345 g/mol. The summed E-state index contributed by atoms with van der Waals surface area (Å²) in [5.74, 6) is -4.37. The maximum absolute atomic E-state index is 13.4. The second-order valence-corrected chi connectivity index (χ2v) is 6.14. The minimum absolute atomic E-state index is 0.396. The number of hydrogen-bond donors (Lipinski definition) is 2. The molecule has 1 atom stereocenters. The summed E-state index contributed by atoms with van der Waals surface area (Å²) < 4.78 is 27.0. The quantitative estimate of drug-likeness (QED) is 0.837. The van der Waals surface area contributed by atoms with Crippen molar-refractivity contribution >= 4 is 40.4 Å². The molecular weight excluding hydrogens is 334 g/mol. The van der Waals surface area contributed by atoms with Crippen LogP contribution in [0.2, 0.25) is 4.34 Å². The van der Waals surface area contributed by atoms with Crippen LogP contribution in [0.5, 0.6) is 0 Å². The van der Waals surface area contributed by atoms with Gasteiger partial charge >= 0.3 is 11.8 Å². The first-order valence-electron chi connectivity index (χ1n) is 6.19. The van der Waals surface area contributed by atoms with Gasteiger partial charge in [0.15, 0.2) is 11.6 Å². The van der Waals surface area contributed by atoms with Crippen molar-refractivity contribution in [2.24, 2.45) is 0 Å². The molecule has 0 aliphatic carbocycles. The lowest BCUT2D eigenvalue weighted by Crippen LogP contribution is -2.36. The van der Waals surface area contributed by atoms with E-state index < -0.39 is 35.2 Å². The first-order valence-corrected chi connectivity index (χ1v) is 7.39. The summed E-state index contributed by atoms with van der Waals surface area (Å²) in [5, 5.41) is 4.47. The fraction of sp³-hybridized carbons (Fsp3) is 0.143. The van der Waals surface area contributed by atoms with Gasteiger partial charge in [0.25, 0.3) is 0 Å². The molecule has 0 saturated heterocycles. The maximum Gasteiger partial charge on any atom is 0.313 e. The smallest absolute Gasteiger partial charge is 0.313 e. The van der Waals surface area contributed by atoms with Crippen molar-refractivity contribution in [1.29, 1.82) is 0 Å². The molecule has 2 rings (SSSR count). The molecule has 0 spiro atoms. The topological polar surface area (TPSA) is 58.2 Å². The van der Waals surface area contributed by atoms with Gasteiger partial charge in [0.2, 0.25) is 0 Å². The minimum Gasteiger partial charge on any atom is -0.340 e. The lowest BCUT2D eigenvalue weighted by atomic mass is 10.2. The summed E-state index contributed by atoms with van der Waals surface area (Å²) in [4.78, 5) is 24.2. The Bertz CT molecular complexity index is 721. The summed E-state index contributed by atoms with van der Waals surface area (Å²) >= 11 is 7.06. The van der Waals surface area contributed by atoms with E-state index in [-0.39, 0.29) is 0 Å². The van der Waals surface area contributed by atoms with E-state index in [1.54, 1.807) is 19.1 Å². The molecule has 22 heavy (non-hydrogen) atoms. The van der Waals surface area contributed by atoms with Crippen molar-refractivity contribution in [1.82, 2.24) is 5.32 Å². The molecule has 1 aromatic carbocycles. The first kappa shape index (κ1) is 16.4. The Labute approximate surface area is 134 Å². The number of carbonyl (C=O) groups excluding carboxylic acids is 2. The molecule has 1 unspecified atom stereocenters. The number of rotatable bonds is 3. The SMILES string of the molecule is CC(NC(=O)C(=O)Nc1cccc(F)c1F)c1ccc(Cl)s1. The Morgan fingerprint density at radius 1 is 1.18 bits per heavy atom. The molecular formula is C14H11ClF2N2O2S. The summed E-state index contributed by atoms with van der Waals surface area (Å²) in [7, 11) is 0. The molecule has 0 aliphatic heterocycles. The summed E-state index contributed by atoms with van der Waals surface area (Å²) in [5.41, 5.74) is -0.396. The van der Waals surface area contributed by atoms with Crippen LogP contribution in [-0.2, 0) is 9.59 Å². The number of carbonyl (C=O) groups is 2. The molecule has 2 aromatic rings. The highest BCUT2D eigenvalue weighted by atomic mass is 35.5. The van der Waals surface area contributed by atoms with Crippen LogP contribution in [-0.4, -0.2) is 11.8 Å². The third kappa shape index (κ3) is 3.80. The third-order valence-electron chi connectivity index (χ3n) is 2.77. The van der Waals surface area contributed by atoms with Crippen molar-refractivity contribution in [2.45, 2.75) is 13.0 Å². The minimum atomic E-state index is -1.22. The molecule has 1 heterocycles. The van der Waals surface area contributed by atoms with Crippen LogP contribution in [0.3, 0.4) is 0 Å². The lowest BCUT2D eigenvalue weighted by Gasteiger charge is -2.12. The second-order valence-electron chi connectivity index (χ2n) is 4.39. The zero-order valence-corrected chi connectivity index (χ0v) is 12.9. The Balaban J connectivity index is 2.00. The largest absolute Gasteiger partial charge is 0.340 e. The summed E-state index contributed by atoms with van der Waals surface area (Å²) in [6.45, 7) is 1.68. The van der Waals surface area contributed by atoms with Gasteiger partial charge in [-0.05, 0) is 31.2 Å². The van der Waals surface area contributed by atoms with Gasteiger partial charge in [-0.15, -0.1) is 11.3 Å². The van der Waals surface area contributed by atoms with Gasteiger partial charge < -0.3 is 10.6 Å². The molecule has 0 saturated carbocycles. The van der Waals surface area contributed by atoms with Gasteiger partial charge in [-0.3, -0.25) is 9.59 Å². The highest BCUT2D eigenvalue weighted by Crippen LogP contribution is 2.26. The molecule has 0 radical (unpaired) electrons. The van der Waals surface area contributed by atoms with E-state index in [9.17, 15) is 18.4 Å². The standard InChI is InChI=1S/C14H11ClF2N2O2S/c1-7(10-5-6-11(15)22-10)18-13(20)14(21)19-9-4-2-3-8(16)12(9)17/h2-7H,1H3,(H,18,20)(H,19,21). The molecule has 0 bridgehead atoms. The van der Waals surface area contributed by atoms with E-state index in [0.29, 0.717) is 4.34 Å². The Morgan fingerprint density at radius 3 is 2.55 bits per heavy atom. The van der Waals surface area contributed by atoms with E-state index in [0.717, 1.165) is 17.0 Å². The zero-order valence-electron chi connectivity index (χ0n) is 11.3. The molecule has 8 heteroatoms. The Morgan fingerprint density at radius 2 is 1.91 bits per heavy atom. The number of thiophene rings is 1. The summed E-state index contributed by atoms with van der Waals surface area (Å²) in [6, 6.07) is 6.25. The van der Waals surface area contributed by atoms with Gasteiger partial charge in [-0.1, -0.05) is 17.7 Å². The van der Waals surface area contributed by atoms with Crippen molar-refractivity contribution in [3.63, 3.8) is 0 Å². The monoisotopic (exact) mass is 344 g/mol. The number of halogens is 3. The van der Waals surface area contributed by atoms with Crippen molar-refractivity contribution in [2.75, 3.05) is 5.32 Å². The summed E-state index contributed by atoms with van der Waals surface area (Å²) in [6.07, 6.45) is 0. The Hall–Kier alpha value is -1.99. The van der Waals surface area contributed by atoms with Crippen LogP contribution in [0, 0.1) is 11.6 Å². The second kappa shape index (κ2) is 6.85. The van der Waals surface area contributed by atoms with Gasteiger partial charge in [0.1, 0.15) is 0 Å². The van der Waals surface area contributed by atoms with Crippen molar-refractivity contribution in [3.8, 4) is 0 Å². The number of amides is 2. The van der Waals surface area contributed by atoms with Gasteiger partial charge in [0.05, 0.1) is 16.1 Å². The molecule has 1 aromatic heterocycles. The molecule has 0 aliphatic rings. The fourth-order valence-corrected chi connectivity index (χ4v) is 2.74. The van der Waals surface area contributed by atoms with Gasteiger partial charge in [-0.25, -0.2) is 8.78 Å². The number of benzene rings is 1. The lowest BCUT2D eigenvalue weighted by molar-refractivity contribution is -0.136. The van der Waals surface area contributed by atoms with E-state index in [1.807, 2.05) is 5.32 Å². The van der Waals surface area contributed by atoms with Crippen LogP contribution in [0.1, 0.15) is 17.8 Å². The van der Waals surface area contributed by atoms with Crippen LogP contribution in [0.15, 0.2) is 30.3 Å². The van der Waals surface area contributed by atoms with Crippen molar-refractivity contribution < 1.29 is 18.4 Å². The number of nitrogens with one attached hydrogen (secondary N) is 2. The van der Waals surface area contributed by atoms with E-state index in [4.69, 9.17) is 11.6 Å². The van der Waals surface area contributed by atoms with Crippen LogP contribution < -0.4 is 10.6 Å². The predicted molar refractivity (Wildman–Crippen MR) is 80.9 cm³/mol. The van der Waals surface area contributed by atoms with Gasteiger partial charge in [0, 0.05) is 4.88 Å². The number of anilines is 1. The highest BCUT2D eigenvalue weighted by Gasteiger charge is 2.20. The van der Waals surface area contributed by atoms with Crippen LogP contribution in [0.25, 0.3) is 0 Å². The number of hydrogen-bond acceptors (Lipinski definition) is 3. The van der Waals surface area contributed by atoms with Gasteiger partial charge in [-0.2, -0.15) is 0 Å². The van der Waals surface area contributed by atoms with Crippen LogP contribution in [0.4, 0.5) is 14.5 Å². The van der Waals surface area contributed by atoms with Crippen molar-refractivity contribution in [3.05, 3.63) is 51.2 Å². The maximum atomic E-state index is 13.4. The van der Waals surface area contributed by atoms with E-state index in [1.165, 1.54) is 17.4 Å². The van der Waals surface area contributed by atoms with Crippen LogP contribution >= 0.6 is 22.9 Å². The normalized spacial score (nSPS) is 11.8. The molecule has 116 valence electrons. The molecule has 0 fully saturated rings. The molecule has 2 N–H and O–H groups in total. The Kier molecular flexibility index (Phi) is 5.10. The van der Waals surface area contributed by atoms with E-state index in [2.05, 4.69) is 5.32 Å². The third-order valence-corrected chi connectivity index (χ3v) is 4.19.